The number of nitrogens with one attached hydrogen (secondary N) is 2. The minimum absolute atomic E-state index is 0.0403. The lowest BCUT2D eigenvalue weighted by Crippen LogP contribution is -2.37. The third kappa shape index (κ3) is 7.59. The van der Waals surface area contributed by atoms with Crippen LogP contribution in [-0.4, -0.2) is 40.7 Å². The fraction of sp³-hybridized carbons (Fsp3) is 0.118. The summed E-state index contributed by atoms with van der Waals surface area (Å²) in [6.45, 7) is 1.67. The fourth-order valence-electron chi connectivity index (χ4n) is 4.48. The van der Waals surface area contributed by atoms with Crippen LogP contribution in [-0.2, 0) is 16.2 Å². The van der Waals surface area contributed by atoms with Crippen LogP contribution in [0, 0.1) is 6.92 Å². The Bertz CT molecular complexity index is 1950. The molecular weight excluding hydrogens is 693 g/mol. The Balaban J connectivity index is 1.16. The number of rotatable bonds is 10. The Morgan fingerprint density at radius 3 is 2.48 bits per heavy atom. The van der Waals surface area contributed by atoms with Gasteiger partial charge in [-0.05, 0) is 83.0 Å². The first-order valence-corrected chi connectivity index (χ1v) is 15.6. The molecule has 0 saturated heterocycles. The Morgan fingerprint density at radius 1 is 1.00 bits per heavy atom. The number of imidazole rings is 1. The molecule has 5 rings (SSSR count). The molecule has 234 valence electrons. The number of benzene rings is 3. The summed E-state index contributed by atoms with van der Waals surface area (Å²) in [5.74, 6) is -0.512. The van der Waals surface area contributed by atoms with Crippen LogP contribution in [0.25, 0.3) is 11.7 Å². The second-order valence-corrected chi connectivity index (χ2v) is 11.7. The number of amides is 3. The maximum atomic E-state index is 13.0. The number of carbonyl (C=O) groups excluding carboxylic acids is 3. The highest BCUT2D eigenvalue weighted by Crippen LogP contribution is 2.35. The molecule has 9 nitrogen and oxygen atoms in total. The van der Waals surface area contributed by atoms with Crippen LogP contribution >= 0.6 is 39.1 Å². The van der Waals surface area contributed by atoms with E-state index in [-0.39, 0.29) is 30.0 Å². The first-order valence-electron chi connectivity index (χ1n) is 14.0. The molecule has 2 N–H and O–H groups in total. The van der Waals surface area contributed by atoms with E-state index in [9.17, 15) is 14.4 Å². The third-order valence-corrected chi connectivity index (χ3v) is 8.77. The van der Waals surface area contributed by atoms with Gasteiger partial charge in [-0.1, -0.05) is 53.5 Å². The molecule has 12 heteroatoms. The van der Waals surface area contributed by atoms with Gasteiger partial charge in [0.1, 0.15) is 11.2 Å². The van der Waals surface area contributed by atoms with Crippen molar-refractivity contribution in [2.45, 2.75) is 13.5 Å². The number of carbonyl (C=O) groups is 3. The highest BCUT2D eigenvalue weighted by atomic mass is 79.9. The van der Waals surface area contributed by atoms with E-state index < -0.39 is 5.91 Å². The molecule has 3 amide bonds. The molecule has 0 atom stereocenters. The van der Waals surface area contributed by atoms with Crippen molar-refractivity contribution >= 4 is 80.0 Å². The van der Waals surface area contributed by atoms with E-state index in [1.54, 1.807) is 79.9 Å². The van der Waals surface area contributed by atoms with Crippen LogP contribution in [0.1, 0.15) is 27.2 Å². The van der Waals surface area contributed by atoms with E-state index in [0.29, 0.717) is 38.9 Å². The third-order valence-electron chi connectivity index (χ3n) is 7.03. The molecule has 0 radical (unpaired) electrons. The van der Waals surface area contributed by atoms with E-state index in [4.69, 9.17) is 27.9 Å². The average Bonchev–Trinajstić information content (AvgIpc) is 3.36. The highest BCUT2D eigenvalue weighted by Gasteiger charge is 2.20. The molecule has 0 spiro atoms. The minimum Gasteiger partial charge on any atom is -0.485 e. The molecule has 0 fully saturated rings. The Kier molecular flexibility index (Phi) is 10.4. The summed E-state index contributed by atoms with van der Waals surface area (Å²) in [5.41, 5.74) is 4.29. The van der Waals surface area contributed by atoms with Crippen molar-refractivity contribution in [3.8, 4) is 5.75 Å². The van der Waals surface area contributed by atoms with E-state index in [1.165, 1.54) is 11.0 Å². The first-order chi connectivity index (χ1) is 22.1. The summed E-state index contributed by atoms with van der Waals surface area (Å²) in [6.07, 6.45) is 4.81. The van der Waals surface area contributed by atoms with Crippen LogP contribution in [0.2, 0.25) is 10.0 Å². The number of hydrogen-bond donors (Lipinski definition) is 2. The second kappa shape index (κ2) is 14.6. The molecule has 0 unspecified atom stereocenters. The van der Waals surface area contributed by atoms with Crippen molar-refractivity contribution in [1.29, 1.82) is 0 Å². The SMILES string of the molecule is Cc1nc2c(OCc3c(Cl)ccc(N(C)C(=O)CNC(=O)C=Cc4ccc(NC(=O)c5ccccc5)cc4)c3Cl)cccn2c1Br. The number of nitrogens with zero attached hydrogens (tertiary/aromatic N) is 3. The summed E-state index contributed by atoms with van der Waals surface area (Å²) in [6, 6.07) is 22.8. The van der Waals surface area contributed by atoms with Crippen LogP contribution < -0.4 is 20.3 Å². The summed E-state index contributed by atoms with van der Waals surface area (Å²) in [7, 11) is 1.56. The maximum Gasteiger partial charge on any atom is 0.255 e. The van der Waals surface area contributed by atoms with Gasteiger partial charge >= 0.3 is 0 Å². The topological polar surface area (TPSA) is 105 Å². The summed E-state index contributed by atoms with van der Waals surface area (Å²) < 4.78 is 8.75. The van der Waals surface area contributed by atoms with Gasteiger partial charge in [0, 0.05) is 41.2 Å². The Labute approximate surface area is 283 Å². The van der Waals surface area contributed by atoms with Gasteiger partial charge in [0.25, 0.3) is 5.91 Å². The number of hydrogen-bond acceptors (Lipinski definition) is 5. The number of ether oxygens (including phenoxy) is 1. The average molecular weight is 721 g/mol. The monoisotopic (exact) mass is 719 g/mol. The number of halogens is 3. The minimum atomic E-state index is -0.450. The van der Waals surface area contributed by atoms with Crippen molar-refractivity contribution in [1.82, 2.24) is 14.7 Å². The van der Waals surface area contributed by atoms with Crippen LogP contribution in [0.5, 0.6) is 5.75 Å². The van der Waals surface area contributed by atoms with Crippen LogP contribution in [0.15, 0.2) is 95.7 Å². The molecule has 0 aliphatic heterocycles. The highest BCUT2D eigenvalue weighted by molar-refractivity contribution is 9.10. The van der Waals surface area contributed by atoms with Gasteiger partial charge < -0.3 is 20.3 Å². The van der Waals surface area contributed by atoms with Gasteiger partial charge in [-0.2, -0.15) is 0 Å². The van der Waals surface area contributed by atoms with E-state index in [0.717, 1.165) is 15.9 Å². The Morgan fingerprint density at radius 2 is 1.74 bits per heavy atom. The van der Waals surface area contributed by atoms with Crippen molar-refractivity contribution < 1.29 is 19.1 Å². The van der Waals surface area contributed by atoms with E-state index in [2.05, 4.69) is 31.5 Å². The maximum absolute atomic E-state index is 13.0. The number of fused-ring (bicyclic) bond motifs is 1. The quantitative estimate of drug-likeness (QED) is 0.147. The molecule has 0 aliphatic carbocycles. The van der Waals surface area contributed by atoms with Crippen molar-refractivity contribution in [2.75, 3.05) is 23.8 Å². The van der Waals surface area contributed by atoms with E-state index >= 15 is 0 Å². The second-order valence-electron chi connectivity index (χ2n) is 10.1. The standard InChI is InChI=1S/C34H28BrCl2N5O4/c1-21-32(35)42-18-6-9-28(33(42)39-21)46-20-25-26(36)15-16-27(31(25)37)41(2)30(44)19-38-29(43)17-12-22-10-13-24(14-11-22)40-34(45)23-7-4-3-5-8-23/h3-18H,19-20H2,1-2H3,(H,38,43)(H,40,45). The molecule has 0 bridgehead atoms. The number of aromatic nitrogens is 2. The number of anilines is 2. The van der Waals surface area contributed by atoms with Crippen LogP contribution in [0.4, 0.5) is 11.4 Å². The summed E-state index contributed by atoms with van der Waals surface area (Å²) in [4.78, 5) is 43.7. The molecule has 2 heterocycles. The molecular formula is C34H28BrCl2N5O4. The lowest BCUT2D eigenvalue weighted by Gasteiger charge is -2.21. The van der Waals surface area contributed by atoms with Crippen molar-refractivity contribution in [3.05, 3.63) is 128 Å². The zero-order valence-electron chi connectivity index (χ0n) is 24.8. The smallest absolute Gasteiger partial charge is 0.255 e. The number of aryl methyl sites for hydroxylation is 1. The molecule has 5 aromatic rings. The molecule has 0 aliphatic rings. The predicted molar refractivity (Wildman–Crippen MR) is 185 cm³/mol. The predicted octanol–water partition coefficient (Wildman–Crippen LogP) is 7.34. The normalized spacial score (nSPS) is 11.1. The molecule has 3 aromatic carbocycles. The zero-order valence-corrected chi connectivity index (χ0v) is 27.9. The first kappa shape index (κ1) is 32.7. The summed E-state index contributed by atoms with van der Waals surface area (Å²) in [5, 5.41) is 6.06. The van der Waals surface area contributed by atoms with Gasteiger partial charge in [0.15, 0.2) is 11.4 Å². The van der Waals surface area contributed by atoms with E-state index in [1.807, 2.05) is 29.7 Å². The molecule has 0 saturated carbocycles. The van der Waals surface area contributed by atoms with Crippen LogP contribution in [0.3, 0.4) is 0 Å². The largest absolute Gasteiger partial charge is 0.485 e. The van der Waals surface area contributed by atoms with Gasteiger partial charge in [-0.3, -0.25) is 18.8 Å². The van der Waals surface area contributed by atoms with Crippen molar-refractivity contribution in [2.24, 2.45) is 0 Å². The molecule has 2 aromatic heterocycles. The van der Waals surface area contributed by atoms with Gasteiger partial charge in [-0.15, -0.1) is 0 Å². The summed E-state index contributed by atoms with van der Waals surface area (Å²) >= 11 is 16.7. The Hall–Kier alpha value is -4.64. The number of pyridine rings is 1. The van der Waals surface area contributed by atoms with Crippen molar-refractivity contribution in [3.63, 3.8) is 0 Å². The molecule has 46 heavy (non-hydrogen) atoms. The lowest BCUT2D eigenvalue weighted by atomic mass is 10.1. The van der Waals surface area contributed by atoms with Gasteiger partial charge in [0.05, 0.1) is 22.9 Å². The fourth-order valence-corrected chi connectivity index (χ4v) is 5.46. The van der Waals surface area contributed by atoms with Gasteiger partial charge in [0.2, 0.25) is 11.8 Å². The number of likely N-dealkylation sites (N-methyl/N-ethyl adjacent to an activating group) is 1. The zero-order chi connectivity index (χ0) is 32.8. The van der Waals surface area contributed by atoms with Gasteiger partial charge in [-0.25, -0.2) is 4.98 Å². The lowest BCUT2D eigenvalue weighted by molar-refractivity contribution is -0.122.